The van der Waals surface area contributed by atoms with Gasteiger partial charge in [0.25, 0.3) is 0 Å². The smallest absolute Gasteiger partial charge is 0 e. The zero-order valence-electron chi connectivity index (χ0n) is 32.5. The molecule has 0 unspecified atom stereocenters. The number of hydrogen-bond donors (Lipinski definition) is 0. The Morgan fingerprint density at radius 1 is 0.906 bits per heavy atom. The van der Waals surface area contributed by atoms with Gasteiger partial charge >= 0.3 is 144 Å². The first-order valence-electron chi connectivity index (χ1n) is 19.2. The number of furan rings is 1. The largest absolute Gasteiger partial charge is 0 e. The van der Waals surface area contributed by atoms with Crippen molar-refractivity contribution >= 4 is 50.8 Å². The minimum Gasteiger partial charge on any atom is 0 e. The van der Waals surface area contributed by atoms with Gasteiger partial charge in [-0.3, -0.25) is 4.98 Å². The van der Waals surface area contributed by atoms with Crippen LogP contribution in [0.3, 0.4) is 0 Å². The van der Waals surface area contributed by atoms with Gasteiger partial charge in [0.15, 0.2) is 0 Å². The van der Waals surface area contributed by atoms with Gasteiger partial charge in [0.2, 0.25) is 5.71 Å². The van der Waals surface area contributed by atoms with Crippen LogP contribution in [0.4, 0.5) is 0 Å². The monoisotopic (exact) mass is 943 g/mol. The van der Waals surface area contributed by atoms with Gasteiger partial charge in [0.05, 0.1) is 22.4 Å². The topological polar surface area (TPSA) is 56.7 Å². The van der Waals surface area contributed by atoms with Crippen LogP contribution in [0, 0.1) is 25.0 Å². The molecule has 7 heteroatoms. The molecule has 1 aliphatic carbocycles. The van der Waals surface area contributed by atoms with Crippen molar-refractivity contribution in [2.75, 3.05) is 0 Å². The summed E-state index contributed by atoms with van der Waals surface area (Å²) in [6.45, 7) is 10.8. The van der Waals surface area contributed by atoms with Crippen molar-refractivity contribution in [3.63, 3.8) is 0 Å². The Bertz CT molecular complexity index is 2330. The van der Waals surface area contributed by atoms with Gasteiger partial charge in [-0.1, -0.05) is 42.8 Å². The van der Waals surface area contributed by atoms with Gasteiger partial charge in [-0.25, -0.2) is 4.98 Å². The molecule has 0 saturated heterocycles. The Balaban J connectivity index is 0.000000183. The second kappa shape index (κ2) is 16.4. The van der Waals surface area contributed by atoms with Crippen LogP contribution in [0.25, 0.3) is 55.7 Å². The van der Waals surface area contributed by atoms with Crippen LogP contribution >= 0.6 is 0 Å². The van der Waals surface area contributed by atoms with Crippen LogP contribution < -0.4 is 4.40 Å². The van der Waals surface area contributed by atoms with Crippen LogP contribution in [0.2, 0.25) is 17.3 Å². The molecule has 0 spiro atoms. The van der Waals surface area contributed by atoms with Crippen molar-refractivity contribution in [1.82, 2.24) is 19.5 Å². The first kappa shape index (κ1) is 39.1. The third-order valence-corrected chi connectivity index (χ3v) is 14.9. The van der Waals surface area contributed by atoms with Gasteiger partial charge in [0.1, 0.15) is 0 Å². The summed E-state index contributed by atoms with van der Waals surface area (Å²) in [5, 5.41) is 2.18. The maximum atomic E-state index is 6.34. The molecule has 1 fully saturated rings. The van der Waals surface area contributed by atoms with E-state index in [1.165, 1.54) is 44.1 Å². The van der Waals surface area contributed by atoms with Crippen molar-refractivity contribution in [3.8, 4) is 22.6 Å². The van der Waals surface area contributed by atoms with E-state index in [0.717, 1.165) is 61.6 Å². The summed E-state index contributed by atoms with van der Waals surface area (Å²) in [5.41, 5.74) is 10.4. The van der Waals surface area contributed by atoms with Gasteiger partial charge in [0, 0.05) is 37.2 Å². The number of fused-ring (bicyclic) bond motifs is 4. The summed E-state index contributed by atoms with van der Waals surface area (Å²) in [5.74, 6) is 9.56. The molecule has 4 heterocycles. The van der Waals surface area contributed by atoms with Crippen molar-refractivity contribution in [2.24, 2.45) is 5.92 Å². The molecule has 0 N–H and O–H groups in total. The molecular weight excluding hydrogens is 889 g/mol. The first-order chi connectivity index (χ1) is 25.0. The number of pyridine rings is 2. The van der Waals surface area contributed by atoms with Crippen molar-refractivity contribution in [2.45, 2.75) is 102 Å². The quantitative estimate of drug-likeness (QED) is 0.118. The van der Waals surface area contributed by atoms with E-state index >= 15 is 0 Å². The Kier molecular flexibility index (Phi) is 12.1. The van der Waals surface area contributed by atoms with E-state index in [9.17, 15) is 0 Å². The number of aromatic nitrogens is 4. The molecule has 1 radical (unpaired) electrons. The number of imidazole rings is 1. The summed E-state index contributed by atoms with van der Waals surface area (Å²) < 4.78 is 10.2. The van der Waals surface area contributed by atoms with Gasteiger partial charge in [-0.2, -0.15) is 0 Å². The minimum atomic E-state index is -1.89. The predicted octanol–water partition coefficient (Wildman–Crippen LogP) is 12.0. The van der Waals surface area contributed by atoms with E-state index in [1.54, 1.807) is 9.96 Å². The molecule has 8 rings (SSSR count). The summed E-state index contributed by atoms with van der Waals surface area (Å²) in [7, 11) is 0. The van der Waals surface area contributed by atoms with Crippen molar-refractivity contribution in [3.05, 3.63) is 108 Å². The molecule has 0 amide bonds. The van der Waals surface area contributed by atoms with Crippen molar-refractivity contribution in [1.29, 1.82) is 0 Å². The minimum absolute atomic E-state index is 0. The average Bonchev–Trinajstić information content (AvgIpc) is 3.71. The Labute approximate surface area is 331 Å². The summed E-state index contributed by atoms with van der Waals surface area (Å²) in [6.07, 6.45) is 10.5. The standard InChI is InChI=1S/C25H24N3O.C21H28GeN.Ir/c1-14(2)17-12-13-19(23-22(17)18-11-10-16(5)26-25(18)29-23)24-27-20-8-6-7-9-21(20)28(24)15(3)4;1-22(2,3)20-16-23-21(18-12-8-5-9-13-18)15-19(20)14-17-10-6-4-7-11-17;/h6-12,14-15H,1-5H3;5,8-9,12,15-17H,4,6-7,10-11,14H2,1-3H3;/q2*-1;. The van der Waals surface area contributed by atoms with E-state index in [4.69, 9.17) is 14.4 Å². The summed E-state index contributed by atoms with van der Waals surface area (Å²) in [4.78, 5) is 14.4. The fraction of sp³-hybridized carbons (Fsp3) is 0.370. The number of nitrogens with zero attached hydrogens (tertiary/aromatic N) is 4. The molecule has 5 nitrogen and oxygen atoms in total. The molecule has 0 aliphatic heterocycles. The zero-order valence-corrected chi connectivity index (χ0v) is 37.0. The zero-order chi connectivity index (χ0) is 36.6. The fourth-order valence-corrected chi connectivity index (χ4v) is 11.3. The van der Waals surface area contributed by atoms with Crippen LogP contribution in [0.1, 0.15) is 88.6 Å². The number of hydrogen-bond acceptors (Lipinski definition) is 4. The van der Waals surface area contributed by atoms with E-state index in [0.29, 0.717) is 11.6 Å². The second-order valence-corrected chi connectivity index (χ2v) is 26.8. The van der Waals surface area contributed by atoms with Crippen LogP contribution in [-0.2, 0) is 26.5 Å². The molecule has 0 atom stereocenters. The summed E-state index contributed by atoms with van der Waals surface area (Å²) >= 11 is -1.89. The van der Waals surface area contributed by atoms with Gasteiger partial charge in [-0.05, 0) is 45.0 Å². The fourth-order valence-electron chi connectivity index (χ4n) is 7.93. The molecular formula is C46H52GeIrN4O-2. The van der Waals surface area contributed by atoms with E-state index in [2.05, 4.69) is 121 Å². The first-order valence-corrected chi connectivity index (χ1v) is 26.5. The van der Waals surface area contributed by atoms with E-state index < -0.39 is 13.3 Å². The van der Waals surface area contributed by atoms with Crippen LogP contribution in [0.5, 0.6) is 0 Å². The van der Waals surface area contributed by atoms with E-state index in [1.807, 2.05) is 31.2 Å². The number of rotatable bonds is 7. The Morgan fingerprint density at radius 3 is 2.36 bits per heavy atom. The Morgan fingerprint density at radius 2 is 1.66 bits per heavy atom. The number of benzene rings is 3. The van der Waals surface area contributed by atoms with Gasteiger partial charge < -0.3 is 8.98 Å². The third-order valence-electron chi connectivity index (χ3n) is 10.6. The SMILES string of the molecule is Cc1ccc2c(n1)oc1c(-c3nc4ccccc4n3C(C)C)[c-]cc(C(C)C)c12.[CH3][Ge]([CH3])([CH3])[c]1cnc(-c2[c-]cccc2)cc1CC1CCCCC1.[Ir]. The molecule has 0 bridgehead atoms. The second-order valence-electron chi connectivity index (χ2n) is 16.2. The maximum absolute atomic E-state index is 6.34. The van der Waals surface area contributed by atoms with Crippen molar-refractivity contribution < 1.29 is 24.5 Å². The summed E-state index contributed by atoms with van der Waals surface area (Å²) in [6, 6.07) is 32.2. The third kappa shape index (κ3) is 8.26. The molecule has 7 aromatic rings. The maximum Gasteiger partial charge on any atom is 0 e. The Hall–Kier alpha value is -3.58. The molecule has 277 valence electrons. The molecule has 4 aromatic heterocycles. The molecule has 3 aromatic carbocycles. The predicted molar refractivity (Wildman–Crippen MR) is 220 cm³/mol. The molecule has 1 saturated carbocycles. The normalized spacial score (nSPS) is 13.8. The molecule has 1 aliphatic rings. The van der Waals surface area contributed by atoms with Crippen LogP contribution in [0.15, 0.2) is 83.4 Å². The average molecular weight is 942 g/mol. The van der Waals surface area contributed by atoms with E-state index in [-0.39, 0.29) is 26.1 Å². The number of aryl methyl sites for hydroxylation is 1. The van der Waals surface area contributed by atoms with Crippen LogP contribution in [-0.4, -0.2) is 32.8 Å². The number of para-hydroxylation sites is 2. The van der Waals surface area contributed by atoms with Gasteiger partial charge in [-0.15, -0.1) is 17.7 Å². The molecule has 53 heavy (non-hydrogen) atoms.